The van der Waals surface area contributed by atoms with E-state index in [9.17, 15) is 0 Å². The van der Waals surface area contributed by atoms with Crippen molar-refractivity contribution in [1.29, 1.82) is 0 Å². The molecule has 0 spiro atoms. The van der Waals surface area contributed by atoms with Gasteiger partial charge in [0.05, 0.1) is 0 Å². The predicted molar refractivity (Wildman–Crippen MR) is 228 cm³/mol. The van der Waals surface area contributed by atoms with Crippen LogP contribution in [0.25, 0.3) is 98.4 Å². The number of benzene rings is 10. The molecule has 0 heteroatoms. The van der Waals surface area contributed by atoms with Crippen LogP contribution in [0.4, 0.5) is 0 Å². The van der Waals surface area contributed by atoms with Crippen LogP contribution in [0.1, 0.15) is 25.0 Å². The molecule has 0 radical (unpaired) electrons. The van der Waals surface area contributed by atoms with E-state index in [-0.39, 0.29) is 5.41 Å². The first-order valence-corrected chi connectivity index (χ1v) is 18.7. The molecular weight excluding hydrogens is 637 g/mol. The SMILES string of the molecule is CC1(C)c2ccc(-c3ccc4cc(-c5c6ccccc6c(-c6cccc7ccccc67)c6ccccc56)ccc4c3)cc2-c2ccc3ccccc3c21. The molecule has 0 saturated carbocycles. The molecule has 0 N–H and O–H groups in total. The second-order valence-electron chi connectivity index (χ2n) is 15.2. The van der Waals surface area contributed by atoms with Gasteiger partial charge in [-0.1, -0.05) is 178 Å². The van der Waals surface area contributed by atoms with Crippen LogP contribution in [-0.2, 0) is 5.41 Å². The summed E-state index contributed by atoms with van der Waals surface area (Å²) in [6, 6.07) is 67.9. The van der Waals surface area contributed by atoms with E-state index in [2.05, 4.69) is 196 Å². The maximum Gasteiger partial charge on any atom is 0.0165 e. The van der Waals surface area contributed by atoms with E-state index in [1.54, 1.807) is 0 Å². The van der Waals surface area contributed by atoms with Crippen molar-refractivity contribution in [3.63, 3.8) is 0 Å². The van der Waals surface area contributed by atoms with Crippen LogP contribution in [-0.4, -0.2) is 0 Å². The Balaban J connectivity index is 1.05. The highest BCUT2D eigenvalue weighted by atomic mass is 14.4. The fourth-order valence-electron chi connectivity index (χ4n) is 9.55. The normalized spacial score (nSPS) is 13.2. The Labute approximate surface area is 309 Å². The molecule has 0 amide bonds. The largest absolute Gasteiger partial charge is 0.0616 e. The van der Waals surface area contributed by atoms with Gasteiger partial charge in [-0.25, -0.2) is 0 Å². The van der Waals surface area contributed by atoms with Crippen LogP contribution in [0.3, 0.4) is 0 Å². The zero-order valence-electron chi connectivity index (χ0n) is 29.8. The molecule has 0 aliphatic heterocycles. The molecule has 1 aliphatic carbocycles. The number of hydrogen-bond donors (Lipinski definition) is 0. The van der Waals surface area contributed by atoms with Gasteiger partial charge in [0.2, 0.25) is 0 Å². The van der Waals surface area contributed by atoms with Crippen molar-refractivity contribution in [2.75, 3.05) is 0 Å². The van der Waals surface area contributed by atoms with Crippen molar-refractivity contribution in [2.45, 2.75) is 19.3 Å². The van der Waals surface area contributed by atoms with Gasteiger partial charge in [-0.2, -0.15) is 0 Å². The van der Waals surface area contributed by atoms with Crippen LogP contribution in [0, 0.1) is 0 Å². The molecule has 0 bridgehead atoms. The third-order valence-electron chi connectivity index (χ3n) is 12.0. The maximum absolute atomic E-state index is 2.42. The zero-order chi connectivity index (χ0) is 35.3. The molecule has 0 fully saturated rings. The summed E-state index contributed by atoms with van der Waals surface area (Å²) in [5.74, 6) is 0. The van der Waals surface area contributed by atoms with Gasteiger partial charge in [0.15, 0.2) is 0 Å². The fourth-order valence-corrected chi connectivity index (χ4v) is 9.55. The summed E-state index contributed by atoms with van der Waals surface area (Å²) in [5, 5.41) is 12.8. The summed E-state index contributed by atoms with van der Waals surface area (Å²) in [5.41, 5.74) is 13.1. The Morgan fingerprint density at radius 3 is 1.49 bits per heavy atom. The number of hydrogen-bond acceptors (Lipinski definition) is 0. The number of fused-ring (bicyclic) bond motifs is 9. The van der Waals surface area contributed by atoms with E-state index in [4.69, 9.17) is 0 Å². The minimum absolute atomic E-state index is 0.0503. The van der Waals surface area contributed by atoms with Crippen LogP contribution >= 0.6 is 0 Å². The molecule has 0 aromatic heterocycles. The smallest absolute Gasteiger partial charge is 0.0165 e. The summed E-state index contributed by atoms with van der Waals surface area (Å²) in [6.45, 7) is 4.75. The first-order valence-electron chi connectivity index (χ1n) is 18.7. The van der Waals surface area contributed by atoms with Crippen LogP contribution in [0.15, 0.2) is 182 Å². The highest BCUT2D eigenvalue weighted by molar-refractivity contribution is 6.23. The lowest BCUT2D eigenvalue weighted by Crippen LogP contribution is -2.15. The molecule has 0 atom stereocenters. The summed E-state index contributed by atoms with van der Waals surface area (Å²) in [7, 11) is 0. The van der Waals surface area contributed by atoms with Gasteiger partial charge >= 0.3 is 0 Å². The van der Waals surface area contributed by atoms with Crippen molar-refractivity contribution in [3.8, 4) is 44.5 Å². The standard InChI is InChI=1S/C53H36/c1-53(2)49-29-27-38(32-48(49)47-28-26-34-13-4-6-16-41(34)52(47)53)36-22-23-37-31-39(25-24-35(37)30-36)50-43-17-7-9-19-45(43)51(46-20-10-8-18-44(46)50)42-21-11-14-33-12-3-5-15-40(33)42/h3-32H,1-2H3. The highest BCUT2D eigenvalue weighted by Crippen LogP contribution is 2.52. The minimum atomic E-state index is -0.0503. The van der Waals surface area contributed by atoms with Gasteiger partial charge in [-0.05, 0) is 128 Å². The molecule has 11 rings (SSSR count). The first kappa shape index (κ1) is 30.2. The topological polar surface area (TPSA) is 0 Å². The Morgan fingerprint density at radius 1 is 0.302 bits per heavy atom. The lowest BCUT2D eigenvalue weighted by atomic mass is 9.80. The minimum Gasteiger partial charge on any atom is -0.0616 e. The third-order valence-corrected chi connectivity index (χ3v) is 12.0. The highest BCUT2D eigenvalue weighted by Gasteiger charge is 2.37. The summed E-state index contributed by atoms with van der Waals surface area (Å²) in [6.07, 6.45) is 0. The summed E-state index contributed by atoms with van der Waals surface area (Å²) >= 11 is 0. The van der Waals surface area contributed by atoms with Crippen molar-refractivity contribution in [2.24, 2.45) is 0 Å². The Hall–Kier alpha value is -6.50. The monoisotopic (exact) mass is 672 g/mol. The van der Waals surface area contributed by atoms with Crippen molar-refractivity contribution in [3.05, 3.63) is 193 Å². The lowest BCUT2D eigenvalue weighted by molar-refractivity contribution is 0.666. The third kappa shape index (κ3) is 4.42. The summed E-state index contributed by atoms with van der Waals surface area (Å²) < 4.78 is 0. The van der Waals surface area contributed by atoms with Gasteiger partial charge in [0.25, 0.3) is 0 Å². The van der Waals surface area contributed by atoms with E-state index in [0.717, 1.165) is 0 Å². The zero-order valence-corrected chi connectivity index (χ0v) is 29.8. The Morgan fingerprint density at radius 2 is 0.792 bits per heavy atom. The molecule has 10 aromatic carbocycles. The van der Waals surface area contributed by atoms with Crippen LogP contribution in [0.2, 0.25) is 0 Å². The van der Waals surface area contributed by atoms with Gasteiger partial charge in [-0.3, -0.25) is 0 Å². The van der Waals surface area contributed by atoms with Crippen molar-refractivity contribution < 1.29 is 0 Å². The van der Waals surface area contributed by atoms with E-state index in [1.807, 2.05) is 0 Å². The molecule has 10 aromatic rings. The van der Waals surface area contributed by atoms with Crippen LogP contribution in [0.5, 0.6) is 0 Å². The second-order valence-corrected chi connectivity index (χ2v) is 15.2. The average Bonchev–Trinajstić information content (AvgIpc) is 3.45. The van der Waals surface area contributed by atoms with Gasteiger partial charge < -0.3 is 0 Å². The Kier molecular flexibility index (Phi) is 6.40. The van der Waals surface area contributed by atoms with E-state index in [0.29, 0.717) is 0 Å². The maximum atomic E-state index is 2.42. The second kappa shape index (κ2) is 11.2. The van der Waals surface area contributed by atoms with Crippen molar-refractivity contribution in [1.82, 2.24) is 0 Å². The first-order chi connectivity index (χ1) is 26.0. The predicted octanol–water partition coefficient (Wildman–Crippen LogP) is 14.8. The lowest BCUT2D eigenvalue weighted by Gasteiger charge is -2.23. The molecule has 1 aliphatic rings. The fraction of sp³-hybridized carbons (Fsp3) is 0.0566. The van der Waals surface area contributed by atoms with Gasteiger partial charge in [0.1, 0.15) is 0 Å². The van der Waals surface area contributed by atoms with E-state index >= 15 is 0 Å². The van der Waals surface area contributed by atoms with E-state index in [1.165, 1.54) is 109 Å². The molecule has 0 unspecified atom stereocenters. The molecule has 53 heavy (non-hydrogen) atoms. The molecule has 0 nitrogen and oxygen atoms in total. The van der Waals surface area contributed by atoms with E-state index < -0.39 is 0 Å². The summed E-state index contributed by atoms with van der Waals surface area (Å²) in [4.78, 5) is 0. The van der Waals surface area contributed by atoms with Crippen molar-refractivity contribution >= 4 is 53.9 Å². The molecule has 248 valence electrons. The molecule has 0 heterocycles. The molecule has 0 saturated heterocycles. The molecular formula is C53H36. The number of rotatable bonds is 3. The quantitative estimate of drug-likeness (QED) is 0.164. The van der Waals surface area contributed by atoms with Crippen LogP contribution < -0.4 is 0 Å². The average molecular weight is 673 g/mol. The van der Waals surface area contributed by atoms with Gasteiger partial charge in [-0.15, -0.1) is 0 Å². The Bertz CT molecular complexity index is 3080. The van der Waals surface area contributed by atoms with Gasteiger partial charge in [0, 0.05) is 5.41 Å².